The predicted molar refractivity (Wildman–Crippen MR) is 92.8 cm³/mol. The number of ether oxygens (including phenoxy) is 1. The summed E-state index contributed by atoms with van der Waals surface area (Å²) in [5.41, 5.74) is 0.775. The van der Waals surface area contributed by atoms with Crippen molar-refractivity contribution in [1.29, 1.82) is 0 Å². The van der Waals surface area contributed by atoms with Gasteiger partial charge in [0.2, 0.25) is 0 Å². The van der Waals surface area contributed by atoms with Gasteiger partial charge in [-0.2, -0.15) is 0 Å². The Morgan fingerprint density at radius 2 is 2.13 bits per heavy atom. The largest absolute Gasteiger partial charge is 0.511 e. The maximum atomic E-state index is 12.4. The zero-order valence-electron chi connectivity index (χ0n) is 14.7. The third-order valence-corrected chi connectivity index (χ3v) is 3.65. The molecule has 0 aliphatic heterocycles. The fourth-order valence-electron chi connectivity index (χ4n) is 2.56. The summed E-state index contributed by atoms with van der Waals surface area (Å²) in [5, 5.41) is 13.3. The molecule has 128 valence electrons. The van der Waals surface area contributed by atoms with Crippen LogP contribution in [0.1, 0.15) is 40.0 Å². The number of Topliss-reactive ketones (excluding diaryl/α,β-unsaturated/α-hetero) is 1. The number of aliphatic hydroxyl groups excluding tert-OH is 1. The minimum atomic E-state index is -0.206. The van der Waals surface area contributed by atoms with Crippen molar-refractivity contribution in [2.45, 2.75) is 40.0 Å². The van der Waals surface area contributed by atoms with E-state index >= 15 is 0 Å². The van der Waals surface area contributed by atoms with Gasteiger partial charge in [-0.25, -0.2) is 0 Å². The smallest absolute Gasteiger partial charge is 0.168 e. The lowest BCUT2D eigenvalue weighted by molar-refractivity contribution is -0.117. The summed E-state index contributed by atoms with van der Waals surface area (Å²) in [5.74, 6) is 5.75. The van der Waals surface area contributed by atoms with Crippen LogP contribution in [-0.4, -0.2) is 50.0 Å². The Kier molecular flexibility index (Phi) is 8.01. The number of nitrogens with zero attached hydrogens (tertiary/aromatic N) is 1. The molecule has 0 aromatic rings. The highest BCUT2D eigenvalue weighted by molar-refractivity contribution is 6.23. The van der Waals surface area contributed by atoms with Gasteiger partial charge in [-0.3, -0.25) is 9.79 Å². The number of aliphatic imine (C=N–C) groups is 1. The number of aliphatic hydroxyl groups is 1. The summed E-state index contributed by atoms with van der Waals surface area (Å²) in [6, 6.07) is 0. The van der Waals surface area contributed by atoms with E-state index in [4.69, 9.17) is 4.74 Å². The maximum absolute atomic E-state index is 12.4. The zero-order valence-corrected chi connectivity index (χ0v) is 14.7. The zero-order chi connectivity index (χ0) is 17.3. The molecule has 0 unspecified atom stereocenters. The van der Waals surface area contributed by atoms with Crippen molar-refractivity contribution in [3.05, 3.63) is 11.3 Å². The van der Waals surface area contributed by atoms with Crippen LogP contribution in [0.25, 0.3) is 0 Å². The summed E-state index contributed by atoms with van der Waals surface area (Å²) in [7, 11) is 1.87. The molecule has 0 fully saturated rings. The summed E-state index contributed by atoms with van der Waals surface area (Å²) < 4.78 is 5.52. The Labute approximate surface area is 139 Å². The summed E-state index contributed by atoms with van der Waals surface area (Å²) in [6.45, 7) is 7.89. The minimum Gasteiger partial charge on any atom is -0.511 e. The fraction of sp³-hybridized carbons (Fsp3) is 0.667. The fourth-order valence-corrected chi connectivity index (χ4v) is 2.56. The molecule has 0 saturated heterocycles. The number of nitrogens with one attached hydrogen (secondary N) is 1. The van der Waals surface area contributed by atoms with Crippen molar-refractivity contribution < 1.29 is 14.6 Å². The molecule has 0 aromatic carbocycles. The highest BCUT2D eigenvalue weighted by Gasteiger charge is 2.34. The first-order chi connectivity index (χ1) is 10.9. The van der Waals surface area contributed by atoms with Crippen LogP contribution in [0, 0.1) is 17.3 Å². The third-order valence-electron chi connectivity index (χ3n) is 3.65. The lowest BCUT2D eigenvalue weighted by atomic mass is 9.75. The van der Waals surface area contributed by atoms with Crippen LogP contribution < -0.4 is 5.32 Å². The molecule has 5 heteroatoms. The van der Waals surface area contributed by atoms with Gasteiger partial charge in [0.1, 0.15) is 12.3 Å². The van der Waals surface area contributed by atoms with Gasteiger partial charge in [-0.05, 0) is 19.4 Å². The van der Waals surface area contributed by atoms with E-state index in [0.717, 1.165) is 6.54 Å². The Balaban J connectivity index is 2.87. The van der Waals surface area contributed by atoms with E-state index in [9.17, 15) is 9.90 Å². The van der Waals surface area contributed by atoms with E-state index in [1.807, 2.05) is 20.9 Å². The first-order valence-corrected chi connectivity index (χ1v) is 8.02. The average Bonchev–Trinajstić information content (AvgIpc) is 2.44. The van der Waals surface area contributed by atoms with E-state index in [1.165, 1.54) is 0 Å². The Hall–Kier alpha value is -1.64. The molecule has 0 amide bonds. The second-order valence-corrected chi connectivity index (χ2v) is 6.42. The van der Waals surface area contributed by atoms with Gasteiger partial charge in [0.25, 0.3) is 0 Å². The highest BCUT2D eigenvalue weighted by Crippen LogP contribution is 2.36. The van der Waals surface area contributed by atoms with E-state index < -0.39 is 0 Å². The molecular formula is C18H28N2O3. The van der Waals surface area contributed by atoms with E-state index in [1.54, 1.807) is 6.92 Å². The predicted octanol–water partition coefficient (Wildman–Crippen LogP) is 2.28. The normalized spacial score (nSPS) is 17.9. The molecule has 0 radical (unpaired) electrons. The first kappa shape index (κ1) is 19.4. The van der Waals surface area contributed by atoms with Crippen molar-refractivity contribution >= 4 is 11.5 Å². The number of hydrogen-bond acceptors (Lipinski definition) is 5. The molecule has 23 heavy (non-hydrogen) atoms. The van der Waals surface area contributed by atoms with Crippen molar-refractivity contribution in [1.82, 2.24) is 5.32 Å². The SMILES string of the molecule is CC#CCN=C(CCOCCNC)C1=C(O)CC(C)(C)CC1=O. The molecule has 5 nitrogen and oxygen atoms in total. The molecule has 1 aliphatic rings. The van der Waals surface area contributed by atoms with Gasteiger partial charge in [-0.1, -0.05) is 19.8 Å². The van der Waals surface area contributed by atoms with Gasteiger partial charge < -0.3 is 15.2 Å². The Morgan fingerprint density at radius 3 is 2.74 bits per heavy atom. The second kappa shape index (κ2) is 9.49. The van der Waals surface area contributed by atoms with E-state index in [2.05, 4.69) is 22.2 Å². The third kappa shape index (κ3) is 6.55. The molecule has 1 rings (SSSR count). The minimum absolute atomic E-state index is 0.0443. The van der Waals surface area contributed by atoms with Crippen LogP contribution in [0.4, 0.5) is 0 Å². The van der Waals surface area contributed by atoms with Crippen LogP contribution in [0.3, 0.4) is 0 Å². The number of carbonyl (C=O) groups is 1. The second-order valence-electron chi connectivity index (χ2n) is 6.42. The van der Waals surface area contributed by atoms with Crippen molar-refractivity contribution in [3.8, 4) is 11.8 Å². The average molecular weight is 320 g/mol. The monoisotopic (exact) mass is 320 g/mol. The topological polar surface area (TPSA) is 70.9 Å². The number of likely N-dealkylation sites (N-methyl/N-ethyl adjacent to an activating group) is 1. The molecular weight excluding hydrogens is 292 g/mol. The molecule has 0 bridgehead atoms. The van der Waals surface area contributed by atoms with Gasteiger partial charge in [0.15, 0.2) is 5.78 Å². The summed E-state index contributed by atoms with van der Waals surface area (Å²) >= 11 is 0. The van der Waals surface area contributed by atoms with Gasteiger partial charge in [0.05, 0.1) is 24.5 Å². The molecule has 0 heterocycles. The van der Waals surface area contributed by atoms with E-state index in [0.29, 0.717) is 50.3 Å². The van der Waals surface area contributed by atoms with Crippen LogP contribution >= 0.6 is 0 Å². The maximum Gasteiger partial charge on any atom is 0.168 e. The van der Waals surface area contributed by atoms with Crippen LogP contribution in [0.2, 0.25) is 0 Å². The number of hydrogen-bond donors (Lipinski definition) is 2. The number of ketones is 1. The molecule has 0 aromatic heterocycles. The number of carbonyl (C=O) groups excluding carboxylic acids is 1. The van der Waals surface area contributed by atoms with Crippen LogP contribution in [0.5, 0.6) is 0 Å². The van der Waals surface area contributed by atoms with Crippen molar-refractivity contribution in [2.24, 2.45) is 10.4 Å². The van der Waals surface area contributed by atoms with Gasteiger partial charge in [0, 0.05) is 25.8 Å². The molecule has 1 aliphatic carbocycles. The lowest BCUT2D eigenvalue weighted by Gasteiger charge is -2.30. The Bertz CT molecular complexity index is 536. The number of allylic oxidation sites excluding steroid dienone is 2. The summed E-state index contributed by atoms with van der Waals surface area (Å²) in [4.78, 5) is 16.9. The van der Waals surface area contributed by atoms with Crippen molar-refractivity contribution in [2.75, 3.05) is 33.4 Å². The highest BCUT2D eigenvalue weighted by atomic mass is 16.5. The van der Waals surface area contributed by atoms with Gasteiger partial charge in [-0.15, -0.1) is 5.92 Å². The summed E-state index contributed by atoms with van der Waals surface area (Å²) in [6.07, 6.45) is 1.42. The van der Waals surface area contributed by atoms with Crippen LogP contribution in [-0.2, 0) is 9.53 Å². The molecule has 0 atom stereocenters. The lowest BCUT2D eigenvalue weighted by Crippen LogP contribution is -2.30. The number of rotatable bonds is 8. The van der Waals surface area contributed by atoms with E-state index in [-0.39, 0.29) is 17.0 Å². The molecule has 0 spiro atoms. The van der Waals surface area contributed by atoms with Crippen LogP contribution in [0.15, 0.2) is 16.3 Å². The molecule has 0 saturated carbocycles. The Morgan fingerprint density at radius 1 is 1.39 bits per heavy atom. The quantitative estimate of drug-likeness (QED) is 0.409. The molecule has 2 N–H and O–H groups in total. The van der Waals surface area contributed by atoms with Crippen molar-refractivity contribution in [3.63, 3.8) is 0 Å². The van der Waals surface area contributed by atoms with Gasteiger partial charge >= 0.3 is 0 Å². The first-order valence-electron chi connectivity index (χ1n) is 8.02. The standard InChI is InChI=1S/C18H28N2O3/c1-5-6-8-20-14(7-10-23-11-9-19-4)17-15(21)12-18(2,3)13-16(17)22/h19,21H,7-13H2,1-4H3.